The highest BCUT2D eigenvalue weighted by atomic mass is 19.1. The number of rotatable bonds is 16. The molecule has 4 aromatic rings. The number of primary amides is 1. The van der Waals surface area contributed by atoms with Gasteiger partial charge in [-0.25, -0.2) is 19.0 Å². The van der Waals surface area contributed by atoms with Crippen molar-refractivity contribution in [3.8, 4) is 11.4 Å². The van der Waals surface area contributed by atoms with Gasteiger partial charge in [-0.05, 0) is 75.3 Å². The van der Waals surface area contributed by atoms with Gasteiger partial charge in [0, 0.05) is 29.0 Å². The number of aliphatic hydroxyl groups is 1. The number of aromatic nitrogens is 2. The number of fused-ring (bicyclic) bond motifs is 5. The minimum Gasteiger partial charge on any atom is -0.458 e. The Hall–Kier alpha value is -7.75. The number of halogens is 1. The van der Waals surface area contributed by atoms with E-state index in [1.54, 1.807) is 65.0 Å². The van der Waals surface area contributed by atoms with E-state index in [9.17, 15) is 48.3 Å². The predicted molar refractivity (Wildman–Crippen MR) is 247 cm³/mol. The average Bonchev–Trinajstić information content (AvgIpc) is 3.68. The van der Waals surface area contributed by atoms with Crippen LogP contribution in [0.3, 0.4) is 0 Å². The highest BCUT2D eigenvalue weighted by Crippen LogP contribution is 2.47. The molecule has 0 fully saturated rings. The van der Waals surface area contributed by atoms with E-state index in [0.717, 1.165) is 0 Å². The van der Waals surface area contributed by atoms with Gasteiger partial charge >= 0.3 is 12.1 Å². The molecule has 21 nitrogen and oxygen atoms in total. The topological polar surface area (TPSA) is 300 Å². The largest absolute Gasteiger partial charge is 0.458 e. The number of nitrogens with zero attached hydrogens (tertiary/aromatic N) is 3. The van der Waals surface area contributed by atoms with Crippen LogP contribution in [0.5, 0.6) is 0 Å². The number of amides is 7. The first-order chi connectivity index (χ1) is 33.1. The van der Waals surface area contributed by atoms with E-state index in [-0.39, 0.29) is 66.9 Å². The number of carbonyl (C=O) groups excluding carboxylic acids is 8. The quantitative estimate of drug-likeness (QED) is 0.0662. The molecule has 7 rings (SSSR count). The fraction of sp³-hybridized carbons (Fsp3) is 0.417. The number of ether oxygens (including phenoxy) is 2. The number of nitrogens with one attached hydrogen (secondary N) is 5. The number of benzene rings is 2. The summed E-state index contributed by atoms with van der Waals surface area (Å²) in [7, 11) is 0. The Labute approximate surface area is 400 Å². The number of alkyl carbamates (subject to hydrolysis) is 1. The molecule has 22 heteroatoms. The monoisotopic (exact) mass is 967 g/mol. The van der Waals surface area contributed by atoms with Crippen LogP contribution in [0, 0.1) is 12.7 Å². The maximum atomic E-state index is 15.5. The van der Waals surface area contributed by atoms with Crippen LogP contribution in [0.2, 0.25) is 0 Å². The van der Waals surface area contributed by atoms with E-state index < -0.39 is 115 Å². The van der Waals surface area contributed by atoms with E-state index in [2.05, 4.69) is 26.6 Å². The number of pyridine rings is 2. The molecular weight excluding hydrogens is 914 g/mol. The highest BCUT2D eigenvalue weighted by molar-refractivity contribution is 5.96. The molecule has 1 aliphatic carbocycles. The molecule has 70 heavy (non-hydrogen) atoms. The normalized spacial score (nSPS) is 16.9. The summed E-state index contributed by atoms with van der Waals surface area (Å²) in [6.07, 6.45) is -0.506. The van der Waals surface area contributed by atoms with E-state index in [0.29, 0.717) is 33.2 Å². The number of esters is 1. The van der Waals surface area contributed by atoms with Gasteiger partial charge in [-0.3, -0.25) is 33.6 Å². The first kappa shape index (κ1) is 50.1. The predicted octanol–water partition coefficient (Wildman–Crippen LogP) is 0.429. The van der Waals surface area contributed by atoms with Crippen LogP contribution in [-0.2, 0) is 74.6 Å². The van der Waals surface area contributed by atoms with Crippen LogP contribution in [0.4, 0.5) is 9.18 Å². The lowest BCUT2D eigenvalue weighted by atomic mass is 9.81. The number of carbonyl (C=O) groups is 8. The fourth-order valence-corrected chi connectivity index (χ4v) is 9.02. The molecule has 370 valence electrons. The first-order valence-electron chi connectivity index (χ1n) is 22.6. The van der Waals surface area contributed by atoms with Crippen molar-refractivity contribution in [1.82, 2.24) is 41.0 Å². The van der Waals surface area contributed by atoms with Gasteiger partial charge < -0.3 is 56.4 Å². The summed E-state index contributed by atoms with van der Waals surface area (Å²) in [5.41, 5.74) is 5.72. The van der Waals surface area contributed by atoms with Crippen molar-refractivity contribution in [2.24, 2.45) is 5.73 Å². The summed E-state index contributed by atoms with van der Waals surface area (Å²) < 4.78 is 27.2. The second kappa shape index (κ2) is 20.1. The molecule has 2 aromatic carbocycles. The number of aryl methyl sites for hydroxylation is 1. The van der Waals surface area contributed by atoms with Crippen molar-refractivity contribution < 1.29 is 57.3 Å². The number of cyclic esters (lactones) is 1. The lowest BCUT2D eigenvalue weighted by molar-refractivity contribution is -0.172. The van der Waals surface area contributed by atoms with Gasteiger partial charge in [0.2, 0.25) is 35.4 Å². The summed E-state index contributed by atoms with van der Waals surface area (Å²) in [6.45, 7) is 4.77. The number of hydrogen-bond donors (Lipinski definition) is 7. The maximum Gasteiger partial charge on any atom is 0.408 e. The summed E-state index contributed by atoms with van der Waals surface area (Å²) in [4.78, 5) is 124. The van der Waals surface area contributed by atoms with Gasteiger partial charge in [-0.2, -0.15) is 0 Å². The molecule has 0 saturated carbocycles. The second-order valence-corrected chi connectivity index (χ2v) is 18.3. The number of nitrogens with two attached hydrogens (primary N) is 1. The Kier molecular flexibility index (Phi) is 14.4. The van der Waals surface area contributed by atoms with Crippen molar-refractivity contribution in [3.05, 3.63) is 97.6 Å². The van der Waals surface area contributed by atoms with Gasteiger partial charge in [0.1, 0.15) is 30.6 Å². The van der Waals surface area contributed by atoms with Crippen LogP contribution in [-0.4, -0.2) is 111 Å². The molecule has 4 heterocycles. The molecule has 2 aromatic heterocycles. The minimum atomic E-state index is -2.11. The van der Waals surface area contributed by atoms with E-state index in [4.69, 9.17) is 20.2 Å². The molecule has 8 N–H and O–H groups in total. The van der Waals surface area contributed by atoms with Gasteiger partial charge in [-0.15, -0.1) is 0 Å². The number of hydrogen-bond acceptors (Lipinski definition) is 13. The average molecular weight is 968 g/mol. The molecule has 0 spiro atoms. The standard InChI is InChI=1S/C48H54FN9O12/c1-6-48(68)29-15-34-42-27(21-58(34)44(65)28(29)23-69-45(48)66)41-33(13-12-26-24(2)30(49)16-31(56-42)40(26)41)57(22-35(50)59)39(63)20-52-36(60)17-53-43(64)32(14-25-10-8-7-9-11-25)55-38(62)19-51-37(61)18-54-46(67)70-47(3,4)5/h7-11,15-16,32-33,68H,6,12-14,17-23H2,1-5H3,(H2,50,59)(H,51,61)(H,52,60)(H,53,64)(H,54,67)(H,55,62)/t32-,33-,48-/m0/s1. The molecule has 0 saturated heterocycles. The molecule has 0 bridgehead atoms. The molecule has 3 atom stereocenters. The Balaban J connectivity index is 1.07. The van der Waals surface area contributed by atoms with Crippen molar-refractivity contribution >= 4 is 58.4 Å². The smallest absolute Gasteiger partial charge is 0.408 e. The summed E-state index contributed by atoms with van der Waals surface area (Å²) in [5, 5.41) is 24.0. The van der Waals surface area contributed by atoms with Crippen LogP contribution in [0.1, 0.15) is 85.5 Å². The van der Waals surface area contributed by atoms with Crippen molar-refractivity contribution in [2.45, 2.75) is 96.7 Å². The van der Waals surface area contributed by atoms with Crippen molar-refractivity contribution in [1.29, 1.82) is 0 Å². The zero-order chi connectivity index (χ0) is 50.8. The Morgan fingerprint density at radius 1 is 0.957 bits per heavy atom. The third kappa shape index (κ3) is 10.5. The Bertz CT molecular complexity index is 2900. The molecule has 2 aliphatic heterocycles. The van der Waals surface area contributed by atoms with Crippen molar-refractivity contribution in [3.63, 3.8) is 0 Å². The van der Waals surface area contributed by atoms with Crippen LogP contribution in [0.15, 0.2) is 47.3 Å². The zero-order valence-electron chi connectivity index (χ0n) is 39.2. The molecule has 3 aliphatic rings. The zero-order valence-corrected chi connectivity index (χ0v) is 39.2. The molecule has 7 amide bonds. The Morgan fingerprint density at radius 2 is 1.63 bits per heavy atom. The lowest BCUT2D eigenvalue weighted by Crippen LogP contribution is -2.53. The third-order valence-electron chi connectivity index (χ3n) is 12.4. The third-order valence-corrected chi connectivity index (χ3v) is 12.4. The summed E-state index contributed by atoms with van der Waals surface area (Å²) in [5.74, 6) is -6.10. The van der Waals surface area contributed by atoms with Crippen LogP contribution < -0.4 is 37.9 Å². The lowest BCUT2D eigenvalue weighted by Gasteiger charge is -2.37. The summed E-state index contributed by atoms with van der Waals surface area (Å²) in [6, 6.07) is 9.29. The minimum absolute atomic E-state index is 0.00547. The summed E-state index contributed by atoms with van der Waals surface area (Å²) >= 11 is 0. The highest BCUT2D eigenvalue weighted by Gasteiger charge is 2.46. The van der Waals surface area contributed by atoms with Crippen LogP contribution in [0.25, 0.3) is 22.3 Å². The Morgan fingerprint density at radius 3 is 2.30 bits per heavy atom. The SMILES string of the molecule is CC[C@@]1(O)C(=O)OCc2c1cc1n(c2=O)Cc2c-1nc1cc(F)c(C)c3c1c2[C@@H](N(CC(N)=O)C(=O)CNC(=O)CNC(=O)[C@H](Cc1ccccc1)NC(=O)CNC(=O)CNC(=O)OC(C)(C)C)CC3. The fourth-order valence-electron chi connectivity index (χ4n) is 9.02. The maximum absolute atomic E-state index is 15.5. The van der Waals surface area contributed by atoms with Gasteiger partial charge in [0.05, 0.1) is 61.2 Å². The van der Waals surface area contributed by atoms with Crippen LogP contribution >= 0.6 is 0 Å². The van der Waals surface area contributed by atoms with E-state index >= 15 is 4.39 Å². The second-order valence-electron chi connectivity index (χ2n) is 18.3. The van der Waals surface area contributed by atoms with Gasteiger partial charge in [0.15, 0.2) is 5.60 Å². The van der Waals surface area contributed by atoms with Crippen molar-refractivity contribution in [2.75, 3.05) is 32.7 Å². The van der Waals surface area contributed by atoms with E-state index in [1.165, 1.54) is 21.6 Å². The molecular formula is C48H54FN9O12. The molecule has 0 unspecified atom stereocenters. The van der Waals surface area contributed by atoms with E-state index in [1.807, 2.05) is 0 Å². The van der Waals surface area contributed by atoms with Gasteiger partial charge in [-0.1, -0.05) is 37.3 Å². The van der Waals surface area contributed by atoms with Gasteiger partial charge in [0.25, 0.3) is 5.56 Å². The molecule has 0 radical (unpaired) electrons. The first-order valence-corrected chi connectivity index (χ1v) is 22.6.